The maximum atomic E-state index is 12.3. The van der Waals surface area contributed by atoms with Crippen LogP contribution in [0, 0.1) is 18.3 Å². The Bertz CT molecular complexity index is 827. The SMILES string of the molecule is CC(=O)N(CC(=O)Nc1cccc(C#N)c1)c1ccc(Br)c(C)c1. The number of carbonyl (C=O) groups excluding carboxylic acids is 2. The Hall–Kier alpha value is -2.65. The normalized spacial score (nSPS) is 9.92. The van der Waals surface area contributed by atoms with E-state index in [1.165, 1.54) is 11.8 Å². The summed E-state index contributed by atoms with van der Waals surface area (Å²) >= 11 is 3.42. The lowest BCUT2D eigenvalue weighted by Gasteiger charge is -2.21. The monoisotopic (exact) mass is 385 g/mol. The van der Waals surface area contributed by atoms with Gasteiger partial charge in [0.1, 0.15) is 6.54 Å². The Labute approximate surface area is 149 Å². The van der Waals surface area contributed by atoms with Crippen LogP contribution in [-0.2, 0) is 9.59 Å². The zero-order chi connectivity index (χ0) is 17.7. The van der Waals surface area contributed by atoms with Gasteiger partial charge in [0.2, 0.25) is 11.8 Å². The minimum absolute atomic E-state index is 0.104. The largest absolute Gasteiger partial charge is 0.324 e. The highest BCUT2D eigenvalue weighted by Crippen LogP contribution is 2.23. The lowest BCUT2D eigenvalue weighted by atomic mass is 10.2. The molecular weight excluding hydrogens is 370 g/mol. The van der Waals surface area contributed by atoms with E-state index in [1.54, 1.807) is 30.3 Å². The molecule has 0 fully saturated rings. The molecule has 0 aliphatic heterocycles. The molecule has 24 heavy (non-hydrogen) atoms. The fourth-order valence-electron chi connectivity index (χ4n) is 2.19. The van der Waals surface area contributed by atoms with Crippen LogP contribution in [0.1, 0.15) is 18.1 Å². The lowest BCUT2D eigenvalue weighted by Crippen LogP contribution is -2.36. The second kappa shape index (κ2) is 7.75. The highest BCUT2D eigenvalue weighted by Gasteiger charge is 2.16. The van der Waals surface area contributed by atoms with Gasteiger partial charge >= 0.3 is 0 Å². The van der Waals surface area contributed by atoms with Crippen molar-refractivity contribution in [2.45, 2.75) is 13.8 Å². The molecule has 5 nitrogen and oxygen atoms in total. The lowest BCUT2D eigenvalue weighted by molar-refractivity contribution is -0.120. The maximum absolute atomic E-state index is 12.3. The van der Waals surface area contributed by atoms with E-state index in [4.69, 9.17) is 5.26 Å². The first kappa shape index (κ1) is 17.7. The average molecular weight is 386 g/mol. The number of halogens is 1. The average Bonchev–Trinajstić information content (AvgIpc) is 2.55. The Morgan fingerprint density at radius 2 is 2.00 bits per heavy atom. The molecule has 0 atom stereocenters. The van der Waals surface area contributed by atoms with E-state index < -0.39 is 0 Å². The quantitative estimate of drug-likeness (QED) is 0.872. The fourth-order valence-corrected chi connectivity index (χ4v) is 2.44. The van der Waals surface area contributed by atoms with Crippen LogP contribution in [-0.4, -0.2) is 18.4 Å². The molecule has 0 aromatic heterocycles. The van der Waals surface area contributed by atoms with Crippen LogP contribution >= 0.6 is 15.9 Å². The van der Waals surface area contributed by atoms with Crippen molar-refractivity contribution in [3.8, 4) is 6.07 Å². The van der Waals surface area contributed by atoms with Gasteiger partial charge in [-0.05, 0) is 48.9 Å². The van der Waals surface area contributed by atoms with Crippen LogP contribution in [0.5, 0.6) is 0 Å². The Morgan fingerprint density at radius 3 is 2.62 bits per heavy atom. The van der Waals surface area contributed by atoms with Crippen molar-refractivity contribution in [3.05, 3.63) is 58.1 Å². The van der Waals surface area contributed by atoms with E-state index in [1.807, 2.05) is 25.1 Å². The summed E-state index contributed by atoms with van der Waals surface area (Å²) < 4.78 is 0.938. The number of hydrogen-bond donors (Lipinski definition) is 1. The number of carbonyl (C=O) groups is 2. The fraction of sp³-hybridized carbons (Fsp3) is 0.167. The van der Waals surface area contributed by atoms with Gasteiger partial charge in [0.25, 0.3) is 0 Å². The van der Waals surface area contributed by atoms with Crippen molar-refractivity contribution < 1.29 is 9.59 Å². The number of aryl methyl sites for hydroxylation is 1. The third kappa shape index (κ3) is 4.43. The highest BCUT2D eigenvalue weighted by molar-refractivity contribution is 9.10. The zero-order valence-corrected chi connectivity index (χ0v) is 14.9. The molecular formula is C18H16BrN3O2. The smallest absolute Gasteiger partial charge is 0.244 e. The summed E-state index contributed by atoms with van der Waals surface area (Å²) in [7, 11) is 0. The summed E-state index contributed by atoms with van der Waals surface area (Å²) in [4.78, 5) is 25.6. The van der Waals surface area contributed by atoms with Gasteiger partial charge in [-0.1, -0.05) is 22.0 Å². The summed E-state index contributed by atoms with van der Waals surface area (Å²) in [6.07, 6.45) is 0. The van der Waals surface area contributed by atoms with Crippen molar-refractivity contribution in [1.29, 1.82) is 5.26 Å². The summed E-state index contributed by atoms with van der Waals surface area (Å²) in [5.41, 5.74) is 2.61. The predicted octanol–water partition coefficient (Wildman–Crippen LogP) is 3.62. The van der Waals surface area contributed by atoms with Crippen LogP contribution in [0.4, 0.5) is 11.4 Å². The van der Waals surface area contributed by atoms with Crippen LogP contribution < -0.4 is 10.2 Å². The van der Waals surface area contributed by atoms with E-state index in [-0.39, 0.29) is 18.4 Å². The van der Waals surface area contributed by atoms with Gasteiger partial charge in [-0.3, -0.25) is 9.59 Å². The molecule has 0 radical (unpaired) electrons. The standard InChI is InChI=1S/C18H16BrN3O2/c1-12-8-16(6-7-17(12)19)22(13(2)23)11-18(24)21-15-5-3-4-14(9-15)10-20/h3-9H,11H2,1-2H3,(H,21,24). The third-order valence-electron chi connectivity index (χ3n) is 3.41. The summed E-state index contributed by atoms with van der Waals surface area (Å²) in [6, 6.07) is 14.1. The molecule has 0 heterocycles. The molecule has 0 spiro atoms. The number of amides is 2. The van der Waals surface area contributed by atoms with E-state index >= 15 is 0 Å². The number of benzene rings is 2. The first-order valence-corrected chi connectivity index (χ1v) is 8.04. The van der Waals surface area contributed by atoms with Gasteiger partial charge in [-0.2, -0.15) is 5.26 Å². The van der Waals surface area contributed by atoms with Gasteiger partial charge in [-0.15, -0.1) is 0 Å². The number of nitriles is 1. The summed E-state index contributed by atoms with van der Waals surface area (Å²) in [5, 5.41) is 11.6. The number of anilines is 2. The van der Waals surface area contributed by atoms with E-state index in [9.17, 15) is 9.59 Å². The van der Waals surface area contributed by atoms with E-state index in [2.05, 4.69) is 21.2 Å². The number of hydrogen-bond acceptors (Lipinski definition) is 3. The van der Waals surface area contributed by atoms with Crippen molar-refractivity contribution in [3.63, 3.8) is 0 Å². The topological polar surface area (TPSA) is 73.2 Å². The van der Waals surface area contributed by atoms with Crippen LogP contribution in [0.2, 0.25) is 0 Å². The van der Waals surface area contributed by atoms with E-state index in [0.29, 0.717) is 16.9 Å². The van der Waals surface area contributed by atoms with Gasteiger partial charge < -0.3 is 10.2 Å². The van der Waals surface area contributed by atoms with Gasteiger partial charge in [0, 0.05) is 22.8 Å². The molecule has 0 aliphatic rings. The molecule has 2 amide bonds. The molecule has 122 valence electrons. The van der Waals surface area contributed by atoms with E-state index in [0.717, 1.165) is 10.0 Å². The van der Waals surface area contributed by atoms with Gasteiger partial charge in [0.05, 0.1) is 11.6 Å². The molecule has 0 bridgehead atoms. The van der Waals surface area contributed by atoms with Gasteiger partial charge in [-0.25, -0.2) is 0 Å². The molecule has 0 saturated carbocycles. The van der Waals surface area contributed by atoms with Crippen molar-refractivity contribution in [1.82, 2.24) is 0 Å². The number of nitrogens with one attached hydrogen (secondary N) is 1. The highest BCUT2D eigenvalue weighted by atomic mass is 79.9. The molecule has 6 heteroatoms. The first-order chi connectivity index (χ1) is 11.4. The number of nitrogens with zero attached hydrogens (tertiary/aromatic N) is 2. The minimum Gasteiger partial charge on any atom is -0.324 e. The molecule has 0 unspecified atom stereocenters. The molecule has 0 saturated heterocycles. The Morgan fingerprint density at radius 1 is 1.25 bits per heavy atom. The molecule has 2 aromatic rings. The van der Waals surface area contributed by atoms with Crippen LogP contribution in [0.25, 0.3) is 0 Å². The predicted molar refractivity (Wildman–Crippen MR) is 96.7 cm³/mol. The zero-order valence-electron chi connectivity index (χ0n) is 13.3. The first-order valence-electron chi connectivity index (χ1n) is 7.25. The molecule has 2 aromatic carbocycles. The molecule has 0 aliphatic carbocycles. The third-order valence-corrected chi connectivity index (χ3v) is 4.30. The van der Waals surface area contributed by atoms with Crippen LogP contribution in [0.15, 0.2) is 46.9 Å². The Kier molecular flexibility index (Phi) is 5.72. The van der Waals surface area contributed by atoms with Crippen molar-refractivity contribution in [2.24, 2.45) is 0 Å². The minimum atomic E-state index is -0.333. The molecule has 2 rings (SSSR count). The molecule has 1 N–H and O–H groups in total. The van der Waals surface area contributed by atoms with Crippen LogP contribution in [0.3, 0.4) is 0 Å². The second-order valence-corrected chi connectivity index (χ2v) is 6.13. The van der Waals surface area contributed by atoms with Crippen molar-refractivity contribution >= 4 is 39.1 Å². The second-order valence-electron chi connectivity index (χ2n) is 5.28. The summed E-state index contributed by atoms with van der Waals surface area (Å²) in [5.74, 6) is -0.557. The van der Waals surface area contributed by atoms with Gasteiger partial charge in [0.15, 0.2) is 0 Å². The van der Waals surface area contributed by atoms with Crippen molar-refractivity contribution in [2.75, 3.05) is 16.8 Å². The Balaban J connectivity index is 2.15. The summed E-state index contributed by atoms with van der Waals surface area (Å²) in [6.45, 7) is 3.23. The maximum Gasteiger partial charge on any atom is 0.244 e. The number of rotatable bonds is 4.